The van der Waals surface area contributed by atoms with Crippen LogP contribution in [0.15, 0.2) is 127 Å². The number of nitrogens with one attached hydrogen (secondary N) is 1. The van der Waals surface area contributed by atoms with Gasteiger partial charge >= 0.3 is 6.11 Å². The Bertz CT molecular complexity index is 2220. The zero-order valence-corrected chi connectivity index (χ0v) is 30.9. The lowest BCUT2D eigenvalue weighted by Crippen LogP contribution is -2.40. The highest BCUT2D eigenvalue weighted by atomic mass is 19.3. The van der Waals surface area contributed by atoms with Gasteiger partial charge in [-0.3, -0.25) is 4.57 Å². The topological polar surface area (TPSA) is 151 Å². The van der Waals surface area contributed by atoms with Crippen molar-refractivity contribution in [2.24, 2.45) is 5.11 Å². The summed E-state index contributed by atoms with van der Waals surface area (Å²) in [5, 5.41) is 7.52. The fourth-order valence-corrected chi connectivity index (χ4v) is 7.07. The van der Waals surface area contributed by atoms with Gasteiger partial charge in [-0.1, -0.05) is 115 Å². The number of alkyl halides is 2. The number of ether oxygens (including phenoxy) is 5. The Morgan fingerprint density at radius 1 is 0.875 bits per heavy atom. The molecule has 1 fully saturated rings. The Labute approximate surface area is 321 Å². The van der Waals surface area contributed by atoms with Crippen LogP contribution in [0.25, 0.3) is 21.6 Å². The van der Waals surface area contributed by atoms with Crippen molar-refractivity contribution in [1.82, 2.24) is 19.5 Å². The third kappa shape index (κ3) is 7.70. The van der Waals surface area contributed by atoms with E-state index < -0.39 is 42.7 Å². The third-order valence-electron chi connectivity index (χ3n) is 9.64. The number of anilines is 1. The minimum absolute atomic E-state index is 0.128. The number of benzene rings is 4. The number of aromatic nitrogens is 4. The summed E-state index contributed by atoms with van der Waals surface area (Å²) in [5.41, 5.74) is 12.3. The molecule has 13 nitrogen and oxygen atoms in total. The largest absolute Gasteiger partial charge is 0.497 e. The van der Waals surface area contributed by atoms with Crippen molar-refractivity contribution >= 4 is 17.1 Å². The fraction of sp³-hybridized carbons (Fsp3) is 0.293. The Balaban J connectivity index is 1.43. The van der Waals surface area contributed by atoms with E-state index in [9.17, 15) is 5.53 Å². The molecule has 56 heavy (non-hydrogen) atoms. The van der Waals surface area contributed by atoms with Crippen molar-refractivity contribution in [2.45, 2.75) is 56.1 Å². The summed E-state index contributed by atoms with van der Waals surface area (Å²) >= 11 is 0. The first-order chi connectivity index (χ1) is 27.3. The quantitative estimate of drug-likeness (QED) is 0.0444. The number of azide groups is 1. The summed E-state index contributed by atoms with van der Waals surface area (Å²) in [6, 6.07) is 35.9. The van der Waals surface area contributed by atoms with Gasteiger partial charge in [0.25, 0.3) is 0 Å². The number of hydrogen-bond acceptors (Lipinski definition) is 10. The number of imidazole rings is 1. The molecule has 3 heterocycles. The van der Waals surface area contributed by atoms with Crippen molar-refractivity contribution in [3.05, 3.63) is 154 Å². The van der Waals surface area contributed by atoms with Gasteiger partial charge in [0.05, 0.1) is 25.6 Å². The first-order valence-electron chi connectivity index (χ1n) is 18.0. The number of fused-ring (bicyclic) bond motifs is 1. The van der Waals surface area contributed by atoms with Crippen LogP contribution >= 0.6 is 0 Å². The number of halogens is 2. The van der Waals surface area contributed by atoms with Gasteiger partial charge in [-0.15, -0.1) is 0 Å². The molecule has 1 aliphatic heterocycles. The Hall–Kier alpha value is -6.12. The smallest absolute Gasteiger partial charge is 0.379 e. The van der Waals surface area contributed by atoms with Crippen molar-refractivity contribution in [2.75, 3.05) is 26.1 Å². The van der Waals surface area contributed by atoms with Crippen LogP contribution in [0.2, 0.25) is 0 Å². The van der Waals surface area contributed by atoms with E-state index in [1.807, 2.05) is 115 Å². The van der Waals surface area contributed by atoms with Gasteiger partial charge < -0.3 is 29.0 Å². The van der Waals surface area contributed by atoms with E-state index in [1.54, 1.807) is 14.0 Å². The van der Waals surface area contributed by atoms with E-state index >= 15 is 8.78 Å². The minimum Gasteiger partial charge on any atom is -0.497 e. The van der Waals surface area contributed by atoms with Gasteiger partial charge in [0, 0.05) is 12.0 Å². The van der Waals surface area contributed by atoms with E-state index in [2.05, 4.69) is 20.3 Å². The van der Waals surface area contributed by atoms with E-state index in [1.165, 1.54) is 10.9 Å². The van der Waals surface area contributed by atoms with Crippen LogP contribution in [-0.4, -0.2) is 64.7 Å². The van der Waals surface area contributed by atoms with Gasteiger partial charge in [0.1, 0.15) is 30.6 Å². The van der Waals surface area contributed by atoms with Crippen LogP contribution < -0.4 is 14.8 Å². The predicted molar refractivity (Wildman–Crippen MR) is 204 cm³/mol. The SMILES string of the molecule is CC[C@H]1O[C@@H](n2cnc3c(OCc4ccccc4)nc(NC(c4ccccc4)(c4ccccc4)c4ccc(OC)cc4)nc32)[C@H](OC(F)(F)COC)[C@@H]1N=[N+]=[N-]. The van der Waals surface area contributed by atoms with Crippen LogP contribution in [0.5, 0.6) is 11.6 Å². The monoisotopic (exact) mass is 762 g/mol. The zero-order valence-electron chi connectivity index (χ0n) is 30.9. The summed E-state index contributed by atoms with van der Waals surface area (Å²) < 4.78 is 60.1. The molecule has 288 valence electrons. The first-order valence-corrected chi connectivity index (χ1v) is 18.0. The average molecular weight is 763 g/mol. The summed E-state index contributed by atoms with van der Waals surface area (Å²) in [5.74, 6) is 0.934. The molecule has 0 radical (unpaired) electrons. The normalized spacial score (nSPS) is 18.4. The van der Waals surface area contributed by atoms with E-state index in [0.29, 0.717) is 12.2 Å². The molecule has 4 aromatic carbocycles. The van der Waals surface area contributed by atoms with Crippen LogP contribution in [0.1, 0.15) is 41.8 Å². The molecule has 4 atom stereocenters. The molecule has 7 rings (SSSR count). The standard InChI is InChI=1S/C41H40F2N8O5/c1-4-32-33(49-50-44)35(56-40(42,43)25-52-2)38(55-32)51-26-45-34-36(51)46-39(47-37(34)54-24-27-14-8-5-9-15-27)48-41(28-16-10-6-11-17-28,29-18-12-7-13-19-29)30-20-22-31(53-3)23-21-30/h5-23,26,32-33,35,38H,4,24-25H2,1-3H3,(H,46,47,48)/t32-,33-,35-,38-/m1/s1. The van der Waals surface area contributed by atoms with E-state index in [-0.39, 0.29) is 29.6 Å². The van der Waals surface area contributed by atoms with Gasteiger partial charge in [-0.2, -0.15) is 18.7 Å². The number of rotatable bonds is 16. The molecule has 1 N–H and O–H groups in total. The highest BCUT2D eigenvalue weighted by Crippen LogP contribution is 2.43. The number of methoxy groups -OCH3 is 2. The van der Waals surface area contributed by atoms with Crippen LogP contribution in [0, 0.1) is 0 Å². The van der Waals surface area contributed by atoms with Gasteiger partial charge in [0.15, 0.2) is 17.4 Å². The third-order valence-corrected chi connectivity index (χ3v) is 9.64. The lowest BCUT2D eigenvalue weighted by Gasteiger charge is -2.37. The molecule has 6 aromatic rings. The number of nitrogens with zero attached hydrogens (tertiary/aromatic N) is 7. The Morgan fingerprint density at radius 2 is 1.50 bits per heavy atom. The summed E-state index contributed by atoms with van der Waals surface area (Å²) in [4.78, 5) is 17.5. The highest BCUT2D eigenvalue weighted by molar-refractivity contribution is 5.78. The molecule has 0 bridgehead atoms. The molecule has 0 spiro atoms. The summed E-state index contributed by atoms with van der Waals surface area (Å²) in [6.07, 6.45) is -5.45. The van der Waals surface area contributed by atoms with Crippen LogP contribution in [0.3, 0.4) is 0 Å². The van der Waals surface area contributed by atoms with Crippen molar-refractivity contribution in [3.63, 3.8) is 0 Å². The lowest BCUT2D eigenvalue weighted by molar-refractivity contribution is -0.293. The average Bonchev–Trinajstić information content (AvgIpc) is 3.80. The molecule has 15 heteroatoms. The second-order valence-electron chi connectivity index (χ2n) is 13.1. The maximum atomic E-state index is 15.1. The van der Waals surface area contributed by atoms with Gasteiger partial charge in [-0.05, 0) is 46.3 Å². The fourth-order valence-electron chi connectivity index (χ4n) is 7.07. The minimum atomic E-state index is -3.74. The van der Waals surface area contributed by atoms with Gasteiger partial charge in [0.2, 0.25) is 11.8 Å². The van der Waals surface area contributed by atoms with E-state index in [4.69, 9.17) is 33.7 Å². The second-order valence-corrected chi connectivity index (χ2v) is 13.1. The molecule has 0 aliphatic carbocycles. The molecule has 0 saturated carbocycles. The molecule has 2 aromatic heterocycles. The molecule has 0 unspecified atom stereocenters. The molecular formula is C41H40F2N8O5. The molecule has 0 amide bonds. The molecule has 1 aliphatic rings. The predicted octanol–water partition coefficient (Wildman–Crippen LogP) is 8.43. The maximum absolute atomic E-state index is 15.1. The van der Waals surface area contributed by atoms with Crippen molar-refractivity contribution < 1.29 is 32.5 Å². The number of hydrogen-bond donors (Lipinski definition) is 1. The Kier molecular flexibility index (Phi) is 11.4. The zero-order chi connectivity index (χ0) is 39.1. The summed E-state index contributed by atoms with van der Waals surface area (Å²) in [6.45, 7) is 0.918. The van der Waals surface area contributed by atoms with Crippen LogP contribution in [-0.2, 0) is 26.4 Å². The lowest BCUT2D eigenvalue weighted by atomic mass is 9.77. The second kappa shape index (κ2) is 16.7. The first kappa shape index (κ1) is 38.2. The Morgan fingerprint density at radius 3 is 2.09 bits per heavy atom. The van der Waals surface area contributed by atoms with Crippen molar-refractivity contribution in [3.8, 4) is 11.6 Å². The summed E-state index contributed by atoms with van der Waals surface area (Å²) in [7, 11) is 2.75. The maximum Gasteiger partial charge on any atom is 0.379 e. The molecule has 1 saturated heterocycles. The van der Waals surface area contributed by atoms with E-state index in [0.717, 1.165) is 29.4 Å². The van der Waals surface area contributed by atoms with Gasteiger partial charge in [-0.25, -0.2) is 4.98 Å². The highest BCUT2D eigenvalue weighted by Gasteiger charge is 2.50. The molecular weight excluding hydrogens is 722 g/mol. The van der Waals surface area contributed by atoms with Crippen molar-refractivity contribution in [1.29, 1.82) is 0 Å². The van der Waals surface area contributed by atoms with Crippen LogP contribution in [0.4, 0.5) is 14.7 Å².